The van der Waals surface area contributed by atoms with Gasteiger partial charge in [0, 0.05) is 9.86 Å². The molecule has 126 valence electrons. The van der Waals surface area contributed by atoms with E-state index < -0.39 is 0 Å². The van der Waals surface area contributed by atoms with Crippen molar-refractivity contribution in [3.05, 3.63) is 80.8 Å². The molecule has 0 saturated heterocycles. The average Bonchev–Trinajstić information content (AvgIpc) is 3.08. The van der Waals surface area contributed by atoms with E-state index in [1.54, 1.807) is 0 Å². The Morgan fingerprint density at radius 2 is 1.38 bits per heavy atom. The minimum Gasteiger partial charge on any atom is -0.267 e. The second kappa shape index (κ2) is 5.61. The number of aryl methyl sites for hydroxylation is 2. The molecule has 2 aliphatic rings. The Kier molecular flexibility index (Phi) is 3.34. The first-order valence-corrected chi connectivity index (χ1v) is 9.18. The molecule has 0 fully saturated rings. The number of rotatable bonds is 2. The maximum Gasteiger partial charge on any atom is 0.282 e. The summed E-state index contributed by atoms with van der Waals surface area (Å²) in [6.45, 7) is 0. The Balaban J connectivity index is 1.62. The van der Waals surface area contributed by atoms with Gasteiger partial charge in [0.2, 0.25) is 0 Å². The molecule has 0 bridgehead atoms. The molecule has 3 aromatic rings. The van der Waals surface area contributed by atoms with Crippen molar-refractivity contribution in [1.29, 1.82) is 0 Å². The summed E-state index contributed by atoms with van der Waals surface area (Å²) in [5.41, 5.74) is 4.35. The molecule has 0 spiro atoms. The molecule has 1 aliphatic carbocycles. The Morgan fingerprint density at radius 3 is 1.96 bits per heavy atom. The quantitative estimate of drug-likeness (QED) is 0.471. The smallest absolute Gasteiger partial charge is 0.267 e. The second-order valence-electron chi connectivity index (χ2n) is 6.51. The molecule has 0 atom stereocenters. The first-order chi connectivity index (χ1) is 12.6. The molecular formula is C21H13BrN2O2. The Labute approximate surface area is 158 Å². The molecule has 3 aromatic carbocycles. The van der Waals surface area contributed by atoms with Crippen LogP contribution < -0.4 is 0 Å². The van der Waals surface area contributed by atoms with Crippen LogP contribution in [0.3, 0.4) is 0 Å². The van der Waals surface area contributed by atoms with E-state index in [1.165, 1.54) is 17.3 Å². The molecule has 0 radical (unpaired) electrons. The zero-order chi connectivity index (χ0) is 17.8. The van der Waals surface area contributed by atoms with E-state index in [0.717, 1.165) is 38.7 Å². The molecule has 1 heterocycles. The fourth-order valence-corrected chi connectivity index (χ4v) is 4.05. The molecule has 2 amide bonds. The third-order valence-electron chi connectivity index (χ3n) is 5.03. The van der Waals surface area contributed by atoms with Crippen LogP contribution in [0.15, 0.2) is 58.1 Å². The third-order valence-corrected chi connectivity index (χ3v) is 5.56. The number of nitrogens with zero attached hydrogens (tertiary/aromatic N) is 2. The van der Waals surface area contributed by atoms with Crippen molar-refractivity contribution >= 4 is 44.7 Å². The monoisotopic (exact) mass is 404 g/mol. The standard InChI is InChI=1S/C21H13BrN2O2/c22-15-7-1-12(2-8-15)11-23-24-20(25)16-9-5-13-3-4-14-6-10-17(21(24)26)19(16)18(13)14/h1-2,5-11H,3-4H2. The lowest BCUT2D eigenvalue weighted by Gasteiger charge is -2.23. The van der Waals surface area contributed by atoms with E-state index in [-0.39, 0.29) is 11.8 Å². The molecule has 0 aromatic heterocycles. The summed E-state index contributed by atoms with van der Waals surface area (Å²) < 4.78 is 0.956. The van der Waals surface area contributed by atoms with Crippen LogP contribution >= 0.6 is 15.9 Å². The largest absolute Gasteiger partial charge is 0.282 e. The Hall–Kier alpha value is -2.79. The number of halogens is 1. The number of hydrogen-bond acceptors (Lipinski definition) is 3. The zero-order valence-corrected chi connectivity index (χ0v) is 15.3. The normalized spacial score (nSPS) is 15.5. The van der Waals surface area contributed by atoms with Crippen molar-refractivity contribution in [1.82, 2.24) is 5.01 Å². The van der Waals surface area contributed by atoms with Crippen LogP contribution in [0, 0.1) is 0 Å². The third kappa shape index (κ3) is 2.17. The highest BCUT2D eigenvalue weighted by Gasteiger charge is 2.34. The molecule has 5 heteroatoms. The summed E-state index contributed by atoms with van der Waals surface area (Å²) in [6.07, 6.45) is 3.46. The van der Waals surface area contributed by atoms with Crippen molar-refractivity contribution in [2.24, 2.45) is 5.10 Å². The van der Waals surface area contributed by atoms with Gasteiger partial charge in [-0.25, -0.2) is 0 Å². The first-order valence-electron chi connectivity index (χ1n) is 8.39. The number of benzene rings is 3. The van der Waals surface area contributed by atoms with Crippen molar-refractivity contribution in [2.45, 2.75) is 12.8 Å². The summed E-state index contributed by atoms with van der Waals surface area (Å²) >= 11 is 3.38. The van der Waals surface area contributed by atoms with Gasteiger partial charge in [-0.1, -0.05) is 40.2 Å². The Morgan fingerprint density at radius 1 is 0.808 bits per heavy atom. The highest BCUT2D eigenvalue weighted by molar-refractivity contribution is 9.10. The lowest BCUT2D eigenvalue weighted by atomic mass is 9.92. The molecule has 0 unspecified atom stereocenters. The SMILES string of the molecule is O=C1c2ccc3c4c(ccc(c24)C(=O)N1N=Cc1ccc(Br)cc1)CC3. The van der Waals surface area contributed by atoms with E-state index in [1.807, 2.05) is 48.5 Å². The molecule has 26 heavy (non-hydrogen) atoms. The van der Waals surface area contributed by atoms with Crippen LogP contribution in [-0.2, 0) is 12.8 Å². The maximum absolute atomic E-state index is 12.9. The number of carbonyl (C=O) groups is 2. The summed E-state index contributed by atoms with van der Waals surface area (Å²) in [6, 6.07) is 15.2. The van der Waals surface area contributed by atoms with Gasteiger partial charge in [0.05, 0.1) is 17.3 Å². The second-order valence-corrected chi connectivity index (χ2v) is 7.43. The zero-order valence-electron chi connectivity index (χ0n) is 13.7. The van der Waals surface area contributed by atoms with Crippen molar-refractivity contribution < 1.29 is 9.59 Å². The van der Waals surface area contributed by atoms with Crippen LogP contribution in [0.1, 0.15) is 37.4 Å². The average molecular weight is 405 g/mol. The predicted molar refractivity (Wildman–Crippen MR) is 104 cm³/mol. The summed E-state index contributed by atoms with van der Waals surface area (Å²) in [5.74, 6) is -0.738. The van der Waals surface area contributed by atoms with Gasteiger partial charge in [-0.2, -0.15) is 10.1 Å². The molecule has 4 nitrogen and oxygen atoms in total. The van der Waals surface area contributed by atoms with E-state index in [0.29, 0.717) is 11.1 Å². The van der Waals surface area contributed by atoms with Crippen molar-refractivity contribution in [3.8, 4) is 0 Å². The van der Waals surface area contributed by atoms with Crippen molar-refractivity contribution in [2.75, 3.05) is 0 Å². The van der Waals surface area contributed by atoms with Crippen LogP contribution in [0.2, 0.25) is 0 Å². The highest BCUT2D eigenvalue weighted by atomic mass is 79.9. The topological polar surface area (TPSA) is 49.7 Å². The van der Waals surface area contributed by atoms with Crippen LogP contribution in [0.25, 0.3) is 10.8 Å². The van der Waals surface area contributed by atoms with Gasteiger partial charge in [0.1, 0.15) is 0 Å². The minimum atomic E-state index is -0.369. The molecular weight excluding hydrogens is 392 g/mol. The lowest BCUT2D eigenvalue weighted by Crippen LogP contribution is -2.36. The van der Waals surface area contributed by atoms with Gasteiger partial charge >= 0.3 is 0 Å². The van der Waals surface area contributed by atoms with E-state index in [9.17, 15) is 9.59 Å². The van der Waals surface area contributed by atoms with E-state index in [2.05, 4.69) is 21.0 Å². The van der Waals surface area contributed by atoms with Gasteiger partial charge in [0.25, 0.3) is 11.8 Å². The van der Waals surface area contributed by atoms with Crippen LogP contribution in [0.5, 0.6) is 0 Å². The molecule has 0 N–H and O–H groups in total. The van der Waals surface area contributed by atoms with Crippen molar-refractivity contribution in [3.63, 3.8) is 0 Å². The van der Waals surface area contributed by atoms with Crippen LogP contribution in [-0.4, -0.2) is 23.0 Å². The van der Waals surface area contributed by atoms with Gasteiger partial charge < -0.3 is 0 Å². The number of hydrogen-bond donors (Lipinski definition) is 0. The number of imide groups is 1. The molecule has 0 saturated carbocycles. The maximum atomic E-state index is 12.9. The minimum absolute atomic E-state index is 0.369. The summed E-state index contributed by atoms with van der Waals surface area (Å²) in [7, 11) is 0. The highest BCUT2D eigenvalue weighted by Crippen LogP contribution is 2.38. The predicted octanol–water partition coefficient (Wildman–Crippen LogP) is 4.33. The summed E-state index contributed by atoms with van der Waals surface area (Å²) in [5, 5.41) is 7.03. The summed E-state index contributed by atoms with van der Waals surface area (Å²) in [4.78, 5) is 25.8. The van der Waals surface area contributed by atoms with Gasteiger partial charge in [-0.15, -0.1) is 0 Å². The number of carbonyl (C=O) groups excluding carboxylic acids is 2. The van der Waals surface area contributed by atoms with Gasteiger partial charge in [-0.05, 0) is 59.2 Å². The number of hydrazone groups is 1. The lowest BCUT2D eigenvalue weighted by molar-refractivity contribution is 0.0616. The molecule has 5 rings (SSSR count). The van der Waals surface area contributed by atoms with Crippen LogP contribution in [0.4, 0.5) is 0 Å². The first kappa shape index (κ1) is 15.5. The molecule has 1 aliphatic heterocycles. The fraction of sp³-hybridized carbons (Fsp3) is 0.0952. The van der Waals surface area contributed by atoms with Gasteiger partial charge in [0.15, 0.2) is 0 Å². The van der Waals surface area contributed by atoms with E-state index >= 15 is 0 Å². The number of amides is 2. The van der Waals surface area contributed by atoms with Gasteiger partial charge in [-0.3, -0.25) is 9.59 Å². The van der Waals surface area contributed by atoms with E-state index in [4.69, 9.17) is 0 Å². The Bertz CT molecular complexity index is 1070. The fourth-order valence-electron chi connectivity index (χ4n) is 3.78.